The van der Waals surface area contributed by atoms with Crippen molar-refractivity contribution in [2.75, 3.05) is 12.4 Å². The molecule has 0 aliphatic heterocycles. The zero-order valence-corrected chi connectivity index (χ0v) is 21.0. The molecule has 0 aliphatic rings. The van der Waals surface area contributed by atoms with Gasteiger partial charge in [-0.3, -0.25) is 19.2 Å². The normalized spacial score (nSPS) is 11.0. The van der Waals surface area contributed by atoms with Crippen molar-refractivity contribution >= 4 is 61.5 Å². The molecule has 4 rings (SSSR count). The average molecular weight is 488 g/mol. The highest BCUT2D eigenvalue weighted by atomic mass is 32.1. The van der Waals surface area contributed by atoms with E-state index in [9.17, 15) is 19.2 Å². The van der Waals surface area contributed by atoms with E-state index in [4.69, 9.17) is 0 Å². The number of carbonyl (C=O) groups excluding carboxylic acids is 4. The molecule has 1 N–H and O–H groups in total. The van der Waals surface area contributed by atoms with Crippen molar-refractivity contribution in [2.24, 2.45) is 0 Å². The highest BCUT2D eigenvalue weighted by Crippen LogP contribution is 2.37. The molecule has 7 nitrogen and oxygen atoms in total. The number of benzene rings is 2. The Kier molecular flexibility index (Phi) is 6.49. The van der Waals surface area contributed by atoms with Gasteiger partial charge in [-0.2, -0.15) is 0 Å². The average Bonchev–Trinajstić information content (AvgIpc) is 3.15. The molecular formula is C27H25N3O4S. The quantitative estimate of drug-likeness (QED) is 0.368. The fourth-order valence-electron chi connectivity index (χ4n) is 4.12. The third-order valence-electron chi connectivity index (χ3n) is 6.03. The zero-order valence-electron chi connectivity index (χ0n) is 20.2. The molecule has 0 radical (unpaired) electrons. The Labute approximate surface area is 206 Å². The number of thiophene rings is 1. The van der Waals surface area contributed by atoms with Crippen LogP contribution in [0, 0.1) is 6.92 Å². The summed E-state index contributed by atoms with van der Waals surface area (Å²) in [4.78, 5) is 56.2. The Balaban J connectivity index is 1.79. The van der Waals surface area contributed by atoms with Gasteiger partial charge < -0.3 is 10.2 Å². The van der Waals surface area contributed by atoms with Crippen molar-refractivity contribution < 1.29 is 19.2 Å². The third kappa shape index (κ3) is 4.57. The number of aryl methyl sites for hydroxylation is 1. The van der Waals surface area contributed by atoms with E-state index in [0.717, 1.165) is 10.9 Å². The molecule has 0 saturated carbocycles. The van der Waals surface area contributed by atoms with Crippen LogP contribution in [0.1, 0.15) is 62.3 Å². The number of hydrogen-bond donors (Lipinski definition) is 1. The van der Waals surface area contributed by atoms with Crippen LogP contribution in [0.25, 0.3) is 21.0 Å². The third-order valence-corrected chi connectivity index (χ3v) is 7.35. The number of anilines is 1. The molecule has 35 heavy (non-hydrogen) atoms. The van der Waals surface area contributed by atoms with Crippen LogP contribution in [-0.2, 0) is 11.3 Å². The van der Waals surface area contributed by atoms with Gasteiger partial charge in [-0.15, -0.1) is 11.3 Å². The molecule has 0 aliphatic carbocycles. The number of Topliss-reactive ketones (excluding diaryl/α,β-unsaturated/α-hetero) is 2. The van der Waals surface area contributed by atoms with Crippen LogP contribution in [0.15, 0.2) is 42.5 Å². The molecule has 4 aromatic rings. The fourth-order valence-corrected chi connectivity index (χ4v) is 5.41. The van der Waals surface area contributed by atoms with Crippen LogP contribution in [0.4, 0.5) is 5.82 Å². The van der Waals surface area contributed by atoms with Gasteiger partial charge in [-0.05, 0) is 56.2 Å². The monoisotopic (exact) mass is 487 g/mol. The van der Waals surface area contributed by atoms with Crippen molar-refractivity contribution in [1.29, 1.82) is 0 Å². The van der Waals surface area contributed by atoms with Crippen LogP contribution in [-0.4, -0.2) is 40.3 Å². The molecule has 0 spiro atoms. The van der Waals surface area contributed by atoms with Crippen molar-refractivity contribution in [2.45, 2.75) is 34.2 Å². The van der Waals surface area contributed by atoms with E-state index in [2.05, 4.69) is 10.3 Å². The Morgan fingerprint density at radius 3 is 2.29 bits per heavy atom. The van der Waals surface area contributed by atoms with Gasteiger partial charge in [-0.1, -0.05) is 18.2 Å². The summed E-state index contributed by atoms with van der Waals surface area (Å²) in [5.74, 6) is -0.348. The molecule has 2 heterocycles. The minimum Gasteiger partial charge on any atom is -0.342 e. The van der Waals surface area contributed by atoms with E-state index in [1.54, 1.807) is 37.1 Å². The first-order valence-electron chi connectivity index (χ1n) is 11.1. The number of hydrogen-bond acceptors (Lipinski definition) is 6. The summed E-state index contributed by atoms with van der Waals surface area (Å²) in [6.45, 7) is 6.59. The SMILES string of the molecule is CC(=O)c1ccc(C(C)=O)c2c(C)c(C(=O)Nc3cc(CN(C)C(C)=O)c4ccccc4n3)sc12. The van der Waals surface area contributed by atoms with E-state index >= 15 is 0 Å². The van der Waals surface area contributed by atoms with E-state index in [-0.39, 0.29) is 23.4 Å². The lowest BCUT2D eigenvalue weighted by Gasteiger charge is -2.17. The lowest BCUT2D eigenvalue weighted by molar-refractivity contribution is -0.128. The molecule has 0 bridgehead atoms. The fraction of sp³-hybridized carbons (Fsp3) is 0.222. The van der Waals surface area contributed by atoms with Gasteiger partial charge in [0.2, 0.25) is 5.91 Å². The molecule has 2 aromatic heterocycles. The van der Waals surface area contributed by atoms with E-state index < -0.39 is 0 Å². The summed E-state index contributed by atoms with van der Waals surface area (Å²) in [5, 5.41) is 4.41. The standard InChI is InChI=1S/C27H25N3O4S/c1-14-24-19(15(2)31)10-11-20(16(3)32)26(24)35-25(14)27(34)29-23-12-18(13-30(5)17(4)33)21-8-6-7-9-22(21)28-23/h6-12H,13H2,1-5H3,(H,28,29,34). The van der Waals surface area contributed by atoms with Gasteiger partial charge in [0.15, 0.2) is 11.6 Å². The first kappa shape index (κ1) is 24.2. The maximum atomic E-state index is 13.4. The summed E-state index contributed by atoms with van der Waals surface area (Å²) in [6.07, 6.45) is 0. The van der Waals surface area contributed by atoms with Crippen molar-refractivity contribution in [3.63, 3.8) is 0 Å². The molecule has 0 atom stereocenters. The first-order valence-corrected chi connectivity index (χ1v) is 11.9. The van der Waals surface area contributed by atoms with Gasteiger partial charge in [0, 0.05) is 47.1 Å². The number of rotatable bonds is 6. The Morgan fingerprint density at radius 1 is 0.971 bits per heavy atom. The van der Waals surface area contributed by atoms with Crippen LogP contribution < -0.4 is 5.32 Å². The predicted octanol–water partition coefficient (Wildman–Crippen LogP) is 5.39. The van der Waals surface area contributed by atoms with Gasteiger partial charge in [-0.25, -0.2) is 4.98 Å². The van der Waals surface area contributed by atoms with Gasteiger partial charge in [0.1, 0.15) is 5.82 Å². The highest BCUT2D eigenvalue weighted by molar-refractivity contribution is 7.21. The van der Waals surface area contributed by atoms with Gasteiger partial charge in [0.05, 0.1) is 10.4 Å². The summed E-state index contributed by atoms with van der Waals surface area (Å²) in [6, 6.07) is 12.6. The first-order chi connectivity index (χ1) is 16.6. The van der Waals surface area contributed by atoms with Crippen LogP contribution in [0.2, 0.25) is 0 Å². The summed E-state index contributed by atoms with van der Waals surface area (Å²) >= 11 is 1.19. The van der Waals surface area contributed by atoms with Crippen LogP contribution >= 0.6 is 11.3 Å². The second kappa shape index (κ2) is 9.38. The Bertz CT molecular complexity index is 1540. The highest BCUT2D eigenvalue weighted by Gasteiger charge is 2.23. The predicted molar refractivity (Wildman–Crippen MR) is 138 cm³/mol. The number of pyridine rings is 1. The van der Waals surface area contributed by atoms with E-state index in [0.29, 0.717) is 49.5 Å². The minimum atomic E-state index is -0.374. The molecule has 178 valence electrons. The molecule has 2 amide bonds. The summed E-state index contributed by atoms with van der Waals surface area (Å²) in [5.41, 5.74) is 3.16. The lowest BCUT2D eigenvalue weighted by Crippen LogP contribution is -2.23. The number of amides is 2. The molecule has 0 fully saturated rings. The topological polar surface area (TPSA) is 96.4 Å². The van der Waals surface area contributed by atoms with E-state index in [1.807, 2.05) is 24.3 Å². The number of nitrogens with zero attached hydrogens (tertiary/aromatic N) is 2. The van der Waals surface area contributed by atoms with Crippen LogP contribution in [0.3, 0.4) is 0 Å². The Morgan fingerprint density at radius 2 is 1.63 bits per heavy atom. The Hall–Kier alpha value is -3.91. The molecule has 2 aromatic carbocycles. The van der Waals surface area contributed by atoms with Crippen molar-refractivity contribution in [3.05, 3.63) is 69.6 Å². The van der Waals surface area contributed by atoms with Gasteiger partial charge >= 0.3 is 0 Å². The number of carbonyl (C=O) groups is 4. The molecular weight excluding hydrogens is 462 g/mol. The maximum Gasteiger partial charge on any atom is 0.267 e. The maximum absolute atomic E-state index is 13.4. The number of ketones is 2. The van der Waals surface area contributed by atoms with Crippen LogP contribution in [0.5, 0.6) is 0 Å². The second-order valence-corrected chi connectivity index (χ2v) is 9.57. The number of fused-ring (bicyclic) bond motifs is 2. The molecule has 8 heteroatoms. The smallest absolute Gasteiger partial charge is 0.267 e. The number of para-hydroxylation sites is 1. The largest absolute Gasteiger partial charge is 0.342 e. The molecule has 0 unspecified atom stereocenters. The number of aromatic nitrogens is 1. The van der Waals surface area contributed by atoms with Gasteiger partial charge in [0.25, 0.3) is 5.91 Å². The van der Waals surface area contributed by atoms with Crippen molar-refractivity contribution in [3.8, 4) is 0 Å². The lowest BCUT2D eigenvalue weighted by atomic mass is 9.98. The number of nitrogens with one attached hydrogen (secondary N) is 1. The minimum absolute atomic E-state index is 0.0695. The van der Waals surface area contributed by atoms with E-state index in [1.165, 1.54) is 32.1 Å². The summed E-state index contributed by atoms with van der Waals surface area (Å²) in [7, 11) is 1.72. The molecule has 0 saturated heterocycles. The summed E-state index contributed by atoms with van der Waals surface area (Å²) < 4.78 is 0.628. The second-order valence-electron chi connectivity index (χ2n) is 8.55. The zero-order chi connectivity index (χ0) is 25.4. The van der Waals surface area contributed by atoms with Crippen molar-refractivity contribution in [1.82, 2.24) is 9.88 Å².